The predicted octanol–water partition coefficient (Wildman–Crippen LogP) is 2.68. The molecule has 144 valence electrons. The van der Waals surface area contributed by atoms with Crippen LogP contribution in [0.15, 0.2) is 15.5 Å². The molecule has 0 amide bonds. The molecule has 0 radical (unpaired) electrons. The van der Waals surface area contributed by atoms with Crippen LogP contribution in [0, 0.1) is 13.8 Å². The average molecular weight is 464 g/mol. The molecular formula is C18H33IN4O2. The van der Waals surface area contributed by atoms with E-state index in [9.17, 15) is 0 Å². The first-order valence-electron chi connectivity index (χ1n) is 8.83. The van der Waals surface area contributed by atoms with Crippen LogP contribution in [0.1, 0.15) is 37.9 Å². The fourth-order valence-corrected chi connectivity index (χ4v) is 2.93. The second-order valence-electron chi connectivity index (χ2n) is 6.90. The van der Waals surface area contributed by atoms with E-state index >= 15 is 0 Å². The number of ether oxygens (including phenoxy) is 1. The Hall–Kier alpha value is -0.800. The number of aryl methyl sites for hydroxylation is 2. The van der Waals surface area contributed by atoms with Crippen molar-refractivity contribution in [3.05, 3.63) is 23.2 Å². The van der Waals surface area contributed by atoms with Gasteiger partial charge in [0.25, 0.3) is 0 Å². The maximum atomic E-state index is 5.57. The SMILES string of the molecule is CCNC(=NCc1cc(C)oc1C)NCC(C)(C)N1CCOCC1.I. The fraction of sp³-hybridized carbons (Fsp3) is 0.722. The number of aliphatic imine (C=N–C) groups is 1. The number of morpholine rings is 1. The Labute approximate surface area is 168 Å². The molecular weight excluding hydrogens is 431 g/mol. The van der Waals surface area contributed by atoms with E-state index in [0.29, 0.717) is 6.54 Å². The van der Waals surface area contributed by atoms with E-state index in [2.05, 4.69) is 42.4 Å². The van der Waals surface area contributed by atoms with Gasteiger partial charge in [-0.25, -0.2) is 4.99 Å². The van der Waals surface area contributed by atoms with Crippen LogP contribution < -0.4 is 10.6 Å². The van der Waals surface area contributed by atoms with Crippen molar-refractivity contribution in [1.82, 2.24) is 15.5 Å². The lowest BCUT2D eigenvalue weighted by molar-refractivity contribution is -0.00834. The number of nitrogens with one attached hydrogen (secondary N) is 2. The molecule has 0 spiro atoms. The summed E-state index contributed by atoms with van der Waals surface area (Å²) in [6.07, 6.45) is 0. The van der Waals surface area contributed by atoms with Crippen LogP contribution in [0.2, 0.25) is 0 Å². The Morgan fingerprint density at radius 1 is 1.24 bits per heavy atom. The molecule has 1 aliphatic heterocycles. The van der Waals surface area contributed by atoms with E-state index < -0.39 is 0 Å². The summed E-state index contributed by atoms with van der Waals surface area (Å²) in [5.41, 5.74) is 1.19. The van der Waals surface area contributed by atoms with Crippen LogP contribution >= 0.6 is 24.0 Å². The molecule has 0 bridgehead atoms. The number of hydrogen-bond acceptors (Lipinski definition) is 4. The van der Waals surface area contributed by atoms with Gasteiger partial charge in [-0.3, -0.25) is 4.90 Å². The third-order valence-corrected chi connectivity index (χ3v) is 4.45. The van der Waals surface area contributed by atoms with Gasteiger partial charge in [0, 0.05) is 37.3 Å². The minimum Gasteiger partial charge on any atom is -0.466 e. The van der Waals surface area contributed by atoms with Crippen molar-refractivity contribution in [2.75, 3.05) is 39.4 Å². The van der Waals surface area contributed by atoms with E-state index in [4.69, 9.17) is 14.1 Å². The highest BCUT2D eigenvalue weighted by atomic mass is 127. The molecule has 1 aliphatic rings. The van der Waals surface area contributed by atoms with E-state index in [0.717, 1.165) is 62.4 Å². The summed E-state index contributed by atoms with van der Waals surface area (Å²) in [5, 5.41) is 6.80. The second kappa shape index (κ2) is 10.4. The van der Waals surface area contributed by atoms with Gasteiger partial charge in [-0.05, 0) is 40.7 Å². The maximum absolute atomic E-state index is 5.57. The smallest absolute Gasteiger partial charge is 0.191 e. The molecule has 1 aromatic rings. The molecule has 0 saturated carbocycles. The lowest BCUT2D eigenvalue weighted by Gasteiger charge is -2.41. The lowest BCUT2D eigenvalue weighted by atomic mass is 10.0. The first-order chi connectivity index (χ1) is 11.4. The molecule has 2 N–H and O–H groups in total. The summed E-state index contributed by atoms with van der Waals surface area (Å²) >= 11 is 0. The van der Waals surface area contributed by atoms with Crippen molar-refractivity contribution in [2.45, 2.75) is 46.7 Å². The van der Waals surface area contributed by atoms with E-state index in [1.54, 1.807) is 0 Å². The highest BCUT2D eigenvalue weighted by molar-refractivity contribution is 14.0. The summed E-state index contributed by atoms with van der Waals surface area (Å²) in [6.45, 7) is 16.5. The van der Waals surface area contributed by atoms with Gasteiger partial charge in [0.1, 0.15) is 11.5 Å². The fourth-order valence-electron chi connectivity index (χ4n) is 2.93. The van der Waals surface area contributed by atoms with E-state index in [-0.39, 0.29) is 29.5 Å². The molecule has 0 atom stereocenters. The molecule has 0 aliphatic carbocycles. The number of rotatable bonds is 6. The summed E-state index contributed by atoms with van der Waals surface area (Å²) in [6, 6.07) is 2.06. The van der Waals surface area contributed by atoms with Gasteiger partial charge in [-0.15, -0.1) is 24.0 Å². The summed E-state index contributed by atoms with van der Waals surface area (Å²) in [4.78, 5) is 7.17. The Kier molecular flexibility index (Phi) is 9.23. The van der Waals surface area contributed by atoms with Gasteiger partial charge >= 0.3 is 0 Å². The number of hydrogen-bond donors (Lipinski definition) is 2. The standard InChI is InChI=1S/C18H32N4O2.HI/c1-6-19-17(20-12-16-11-14(2)24-15(16)3)21-13-18(4,5)22-7-9-23-10-8-22;/h11H,6-10,12-13H2,1-5H3,(H2,19,20,21);1H. The Morgan fingerprint density at radius 2 is 1.92 bits per heavy atom. The van der Waals surface area contributed by atoms with Gasteiger partial charge in [0.05, 0.1) is 19.8 Å². The zero-order valence-corrected chi connectivity index (χ0v) is 18.5. The van der Waals surface area contributed by atoms with Crippen molar-refractivity contribution in [2.24, 2.45) is 4.99 Å². The number of furan rings is 1. The molecule has 1 aromatic heterocycles. The van der Waals surface area contributed by atoms with Gasteiger partial charge in [0.15, 0.2) is 5.96 Å². The van der Waals surface area contributed by atoms with Gasteiger partial charge in [-0.1, -0.05) is 0 Å². The van der Waals surface area contributed by atoms with Crippen LogP contribution in [0.4, 0.5) is 0 Å². The van der Waals surface area contributed by atoms with Crippen LogP contribution in [0.3, 0.4) is 0 Å². The zero-order valence-electron chi connectivity index (χ0n) is 16.1. The van der Waals surface area contributed by atoms with Crippen molar-refractivity contribution >= 4 is 29.9 Å². The zero-order chi connectivity index (χ0) is 17.6. The van der Waals surface area contributed by atoms with Crippen molar-refractivity contribution in [1.29, 1.82) is 0 Å². The molecule has 1 saturated heterocycles. The van der Waals surface area contributed by atoms with Crippen molar-refractivity contribution < 1.29 is 9.15 Å². The van der Waals surface area contributed by atoms with Gasteiger partial charge < -0.3 is 19.8 Å². The van der Waals surface area contributed by atoms with E-state index in [1.165, 1.54) is 0 Å². The third kappa shape index (κ3) is 6.79. The molecule has 2 rings (SSSR count). The first kappa shape index (κ1) is 22.2. The normalized spacial score (nSPS) is 16.4. The van der Waals surface area contributed by atoms with Crippen LogP contribution in [0.25, 0.3) is 0 Å². The topological polar surface area (TPSA) is 62.0 Å². The largest absolute Gasteiger partial charge is 0.466 e. The maximum Gasteiger partial charge on any atom is 0.191 e. The van der Waals surface area contributed by atoms with Crippen molar-refractivity contribution in [3.63, 3.8) is 0 Å². The Bertz CT molecular complexity index is 551. The second-order valence-corrected chi connectivity index (χ2v) is 6.90. The molecule has 2 heterocycles. The Balaban J connectivity index is 0.00000312. The minimum atomic E-state index is 0. The summed E-state index contributed by atoms with van der Waals surface area (Å²) in [7, 11) is 0. The molecule has 6 nitrogen and oxygen atoms in total. The number of guanidine groups is 1. The monoisotopic (exact) mass is 464 g/mol. The molecule has 0 aromatic carbocycles. The molecule has 0 unspecified atom stereocenters. The lowest BCUT2D eigenvalue weighted by Crippen LogP contribution is -2.56. The van der Waals surface area contributed by atoms with Crippen LogP contribution in [-0.4, -0.2) is 55.8 Å². The highest BCUT2D eigenvalue weighted by Gasteiger charge is 2.28. The molecule has 25 heavy (non-hydrogen) atoms. The van der Waals surface area contributed by atoms with Gasteiger partial charge in [0.2, 0.25) is 0 Å². The molecule has 7 heteroatoms. The quantitative estimate of drug-likeness (QED) is 0.385. The third-order valence-electron chi connectivity index (χ3n) is 4.45. The predicted molar refractivity (Wildman–Crippen MR) is 113 cm³/mol. The van der Waals surface area contributed by atoms with Crippen molar-refractivity contribution in [3.8, 4) is 0 Å². The van der Waals surface area contributed by atoms with Crippen LogP contribution in [0.5, 0.6) is 0 Å². The highest BCUT2D eigenvalue weighted by Crippen LogP contribution is 2.16. The molecule has 1 fully saturated rings. The van der Waals surface area contributed by atoms with E-state index in [1.807, 2.05) is 13.8 Å². The Morgan fingerprint density at radius 3 is 2.48 bits per heavy atom. The average Bonchev–Trinajstić information content (AvgIpc) is 2.88. The number of nitrogens with zero attached hydrogens (tertiary/aromatic N) is 2. The first-order valence-corrected chi connectivity index (χ1v) is 8.83. The van der Waals surface area contributed by atoms with Gasteiger partial charge in [-0.2, -0.15) is 0 Å². The number of halogens is 1. The summed E-state index contributed by atoms with van der Waals surface area (Å²) < 4.78 is 11.0. The van der Waals surface area contributed by atoms with Crippen LogP contribution in [-0.2, 0) is 11.3 Å². The summed E-state index contributed by atoms with van der Waals surface area (Å²) in [5.74, 6) is 2.72. The minimum absolute atomic E-state index is 0.